The quantitative estimate of drug-likeness (QED) is 0.747. The lowest BCUT2D eigenvalue weighted by Gasteiger charge is -2.41. The number of hydrogen-bond acceptors (Lipinski definition) is 3. The van der Waals surface area contributed by atoms with Crippen molar-refractivity contribution in [2.45, 2.75) is 88.3 Å². The zero-order valence-electron chi connectivity index (χ0n) is 17.4. The molecule has 3 fully saturated rings. The predicted molar refractivity (Wildman–Crippen MR) is 114 cm³/mol. The number of fused-ring (bicyclic) bond motifs is 2. The number of rotatable bonds is 7. The summed E-state index contributed by atoms with van der Waals surface area (Å²) in [5.74, 6) is 1.18. The van der Waals surface area contributed by atoms with E-state index in [2.05, 4.69) is 23.3 Å². The summed E-state index contributed by atoms with van der Waals surface area (Å²) in [6.07, 6.45) is 13.6. The first-order valence-electron chi connectivity index (χ1n) is 11.5. The third kappa shape index (κ3) is 4.44. The van der Waals surface area contributed by atoms with Gasteiger partial charge in [-0.15, -0.1) is 0 Å². The second-order valence-corrected chi connectivity index (χ2v) is 9.47. The van der Waals surface area contributed by atoms with E-state index in [4.69, 9.17) is 5.73 Å². The van der Waals surface area contributed by atoms with Gasteiger partial charge in [-0.05, 0) is 68.7 Å². The summed E-state index contributed by atoms with van der Waals surface area (Å²) in [6.45, 7) is 1.20. The van der Waals surface area contributed by atoms with E-state index < -0.39 is 0 Å². The topological polar surface area (TPSA) is 58.4 Å². The lowest BCUT2D eigenvalue weighted by Crippen LogP contribution is -2.49. The highest BCUT2D eigenvalue weighted by Gasteiger charge is 2.41. The molecule has 4 rings (SSSR count). The van der Waals surface area contributed by atoms with Crippen LogP contribution in [0.2, 0.25) is 0 Å². The van der Waals surface area contributed by atoms with Gasteiger partial charge in [-0.2, -0.15) is 0 Å². The average Bonchev–Trinajstić information content (AvgIpc) is 2.95. The van der Waals surface area contributed by atoms with Crippen LogP contribution in [0.4, 0.5) is 0 Å². The fourth-order valence-corrected chi connectivity index (χ4v) is 6.15. The molecule has 2 bridgehead atoms. The van der Waals surface area contributed by atoms with Crippen molar-refractivity contribution >= 4 is 5.91 Å². The van der Waals surface area contributed by atoms with Crippen LogP contribution in [-0.4, -0.2) is 42.5 Å². The second-order valence-electron chi connectivity index (χ2n) is 9.47. The molecule has 4 atom stereocenters. The maximum atomic E-state index is 11.6. The van der Waals surface area contributed by atoms with Gasteiger partial charge < -0.3 is 11.1 Å². The molecule has 0 aromatic heterocycles. The summed E-state index contributed by atoms with van der Waals surface area (Å²) >= 11 is 0. The third-order valence-electron chi connectivity index (χ3n) is 7.71. The number of primary amides is 1. The molecular formula is C24H37N3O. The van der Waals surface area contributed by atoms with Crippen molar-refractivity contribution in [1.82, 2.24) is 10.2 Å². The molecular weight excluding hydrogens is 346 g/mol. The Bertz CT molecular complexity index is 656. The van der Waals surface area contributed by atoms with Crippen LogP contribution in [0.5, 0.6) is 0 Å². The first kappa shape index (κ1) is 19.9. The summed E-state index contributed by atoms with van der Waals surface area (Å²) in [6, 6.07) is 10.1. The molecule has 1 aromatic carbocycles. The van der Waals surface area contributed by atoms with Crippen LogP contribution in [0.3, 0.4) is 0 Å². The first-order chi connectivity index (χ1) is 13.6. The van der Waals surface area contributed by atoms with Gasteiger partial charge in [0.05, 0.1) is 0 Å². The minimum absolute atomic E-state index is 0.318. The molecule has 0 spiro atoms. The van der Waals surface area contributed by atoms with E-state index >= 15 is 0 Å². The standard InChI is InChI=1S/C24H37N3O/c1-26-21(12-17-6-3-2-4-7-17)16-27-22-10-11-23(27)15-20(14-22)18-8-5-9-19(13-18)24(25)28/h5,8-9,13,17,20-23,26H,2-4,6-7,10-12,14-16H2,1H3,(H2,25,28)/t20?,21?,22-,23+. The zero-order chi connectivity index (χ0) is 19.5. The van der Waals surface area contributed by atoms with Gasteiger partial charge in [0.25, 0.3) is 0 Å². The molecule has 154 valence electrons. The molecule has 1 aromatic rings. The summed E-state index contributed by atoms with van der Waals surface area (Å²) in [5, 5.41) is 3.64. The minimum atomic E-state index is -0.318. The Morgan fingerprint density at radius 2 is 1.86 bits per heavy atom. The van der Waals surface area contributed by atoms with Gasteiger partial charge in [0.2, 0.25) is 5.91 Å². The van der Waals surface area contributed by atoms with E-state index in [1.165, 1.54) is 76.3 Å². The number of hydrogen-bond donors (Lipinski definition) is 2. The van der Waals surface area contributed by atoms with Crippen LogP contribution in [0.1, 0.15) is 86.0 Å². The van der Waals surface area contributed by atoms with Crippen molar-refractivity contribution in [3.8, 4) is 0 Å². The maximum absolute atomic E-state index is 11.6. The fraction of sp³-hybridized carbons (Fsp3) is 0.708. The van der Waals surface area contributed by atoms with Crippen LogP contribution in [-0.2, 0) is 0 Å². The van der Waals surface area contributed by atoms with Gasteiger partial charge >= 0.3 is 0 Å². The number of carbonyl (C=O) groups excluding carboxylic acids is 1. The van der Waals surface area contributed by atoms with E-state index in [1.54, 1.807) is 0 Å². The number of nitrogens with one attached hydrogen (secondary N) is 1. The lowest BCUT2D eigenvalue weighted by molar-refractivity contribution is 0.0999. The molecule has 1 aliphatic carbocycles. The molecule has 1 amide bonds. The average molecular weight is 384 g/mol. The number of piperidine rings is 1. The van der Waals surface area contributed by atoms with E-state index in [9.17, 15) is 4.79 Å². The molecule has 2 saturated heterocycles. The van der Waals surface area contributed by atoms with E-state index in [0.29, 0.717) is 29.6 Å². The molecule has 2 heterocycles. The Labute approximate surface area is 170 Å². The van der Waals surface area contributed by atoms with Gasteiger partial charge in [-0.3, -0.25) is 9.69 Å². The van der Waals surface area contributed by atoms with E-state index in [1.807, 2.05) is 18.2 Å². The SMILES string of the molecule is CNC(CC1CCCCC1)CN1[C@@H]2CC[C@H]1CC(c1cccc(C(N)=O)c1)C2. The van der Waals surface area contributed by atoms with Crippen LogP contribution in [0.15, 0.2) is 24.3 Å². The largest absolute Gasteiger partial charge is 0.366 e. The maximum Gasteiger partial charge on any atom is 0.248 e. The number of carbonyl (C=O) groups is 1. The molecule has 3 N–H and O–H groups in total. The number of nitrogens with zero attached hydrogens (tertiary/aromatic N) is 1. The Balaban J connectivity index is 1.38. The number of amides is 1. The highest BCUT2D eigenvalue weighted by molar-refractivity contribution is 5.92. The van der Waals surface area contributed by atoms with Crippen molar-refractivity contribution in [3.63, 3.8) is 0 Å². The van der Waals surface area contributed by atoms with Crippen molar-refractivity contribution in [1.29, 1.82) is 0 Å². The van der Waals surface area contributed by atoms with Crippen LogP contribution < -0.4 is 11.1 Å². The van der Waals surface area contributed by atoms with Crippen LogP contribution in [0, 0.1) is 5.92 Å². The smallest absolute Gasteiger partial charge is 0.248 e. The zero-order valence-corrected chi connectivity index (χ0v) is 17.4. The number of benzene rings is 1. The van der Waals surface area contributed by atoms with Crippen molar-refractivity contribution in [2.24, 2.45) is 11.7 Å². The van der Waals surface area contributed by atoms with E-state index in [-0.39, 0.29) is 5.91 Å². The van der Waals surface area contributed by atoms with Gasteiger partial charge in [-0.1, -0.05) is 44.2 Å². The second kappa shape index (κ2) is 8.96. The number of likely N-dealkylation sites (N-methyl/N-ethyl adjacent to an activating group) is 1. The van der Waals surface area contributed by atoms with E-state index in [0.717, 1.165) is 5.92 Å². The highest BCUT2D eigenvalue weighted by atomic mass is 16.1. The highest BCUT2D eigenvalue weighted by Crippen LogP contribution is 2.43. The molecule has 4 heteroatoms. The molecule has 3 aliphatic rings. The summed E-state index contributed by atoms with van der Waals surface area (Å²) in [5.41, 5.74) is 7.45. The molecule has 2 aliphatic heterocycles. The third-order valence-corrected chi connectivity index (χ3v) is 7.71. The Kier molecular flexibility index (Phi) is 6.37. The van der Waals surface area contributed by atoms with Crippen molar-refractivity contribution in [3.05, 3.63) is 35.4 Å². The molecule has 2 unspecified atom stereocenters. The minimum Gasteiger partial charge on any atom is -0.366 e. The first-order valence-corrected chi connectivity index (χ1v) is 11.5. The van der Waals surface area contributed by atoms with Gasteiger partial charge in [0, 0.05) is 30.2 Å². The molecule has 0 radical (unpaired) electrons. The normalized spacial score (nSPS) is 29.7. The Morgan fingerprint density at radius 3 is 2.50 bits per heavy atom. The van der Waals surface area contributed by atoms with Crippen molar-refractivity contribution in [2.75, 3.05) is 13.6 Å². The predicted octanol–water partition coefficient (Wildman–Crippen LogP) is 4.05. The fourth-order valence-electron chi connectivity index (χ4n) is 6.15. The number of nitrogens with two attached hydrogens (primary N) is 1. The molecule has 28 heavy (non-hydrogen) atoms. The Hall–Kier alpha value is -1.39. The lowest BCUT2D eigenvalue weighted by atomic mass is 9.83. The summed E-state index contributed by atoms with van der Waals surface area (Å²) < 4.78 is 0. The van der Waals surface area contributed by atoms with Gasteiger partial charge in [0.1, 0.15) is 0 Å². The molecule has 4 nitrogen and oxygen atoms in total. The summed E-state index contributed by atoms with van der Waals surface area (Å²) in [4.78, 5) is 14.4. The summed E-state index contributed by atoms with van der Waals surface area (Å²) in [7, 11) is 2.15. The van der Waals surface area contributed by atoms with Crippen LogP contribution in [0.25, 0.3) is 0 Å². The van der Waals surface area contributed by atoms with Crippen LogP contribution >= 0.6 is 0 Å². The Morgan fingerprint density at radius 1 is 1.14 bits per heavy atom. The molecule has 1 saturated carbocycles. The van der Waals surface area contributed by atoms with Gasteiger partial charge in [0.15, 0.2) is 0 Å². The van der Waals surface area contributed by atoms with Gasteiger partial charge in [-0.25, -0.2) is 0 Å². The monoisotopic (exact) mass is 383 g/mol. The van der Waals surface area contributed by atoms with Crippen molar-refractivity contribution < 1.29 is 4.79 Å².